The zero-order valence-electron chi connectivity index (χ0n) is 12.8. The molecule has 0 bridgehead atoms. The molecule has 1 N–H and O–H groups in total. The fraction of sp³-hybridized carbons (Fsp3) is 0.688. The maximum atomic E-state index is 5.52. The first kappa shape index (κ1) is 15.4. The molecule has 0 aromatic carbocycles. The lowest BCUT2D eigenvalue weighted by molar-refractivity contribution is 0.0215. The third-order valence-electron chi connectivity index (χ3n) is 4.28. The van der Waals surface area contributed by atoms with Gasteiger partial charge in [0.1, 0.15) is 0 Å². The van der Waals surface area contributed by atoms with Gasteiger partial charge < -0.3 is 10.1 Å². The van der Waals surface area contributed by atoms with Crippen LogP contribution in [-0.4, -0.2) is 49.8 Å². The van der Waals surface area contributed by atoms with Gasteiger partial charge in [-0.2, -0.15) is 0 Å². The standard InChI is InChI=1S/C16H27N3O/c1-3-19(12-15-4-8-17-9-5-15)13-16(14-20-2)6-10-18-11-7-16/h4-5,8-9,18H,3,6-7,10-14H2,1-2H3. The summed E-state index contributed by atoms with van der Waals surface area (Å²) in [6.07, 6.45) is 6.15. The van der Waals surface area contributed by atoms with Crippen LogP contribution in [0.5, 0.6) is 0 Å². The Bertz CT molecular complexity index is 371. The van der Waals surface area contributed by atoms with E-state index in [-0.39, 0.29) is 0 Å². The SMILES string of the molecule is CCN(Cc1ccncc1)CC1(COC)CCNCC1. The van der Waals surface area contributed by atoms with E-state index in [1.54, 1.807) is 0 Å². The van der Waals surface area contributed by atoms with Gasteiger partial charge in [0.2, 0.25) is 0 Å². The summed E-state index contributed by atoms with van der Waals surface area (Å²) in [5, 5.41) is 3.46. The molecule has 20 heavy (non-hydrogen) atoms. The van der Waals surface area contributed by atoms with Crippen LogP contribution in [-0.2, 0) is 11.3 Å². The molecular weight excluding hydrogens is 250 g/mol. The molecular formula is C16H27N3O. The van der Waals surface area contributed by atoms with Crippen molar-refractivity contribution in [1.29, 1.82) is 0 Å². The summed E-state index contributed by atoms with van der Waals surface area (Å²) in [5.74, 6) is 0. The first-order valence-corrected chi connectivity index (χ1v) is 7.59. The topological polar surface area (TPSA) is 37.4 Å². The molecule has 112 valence electrons. The van der Waals surface area contributed by atoms with Crippen LogP contribution in [0.15, 0.2) is 24.5 Å². The lowest BCUT2D eigenvalue weighted by atomic mass is 9.79. The number of nitrogens with one attached hydrogen (secondary N) is 1. The predicted octanol–water partition coefficient (Wildman–Crippen LogP) is 1.92. The molecule has 0 unspecified atom stereocenters. The average Bonchev–Trinajstić information content (AvgIpc) is 2.49. The second-order valence-corrected chi connectivity index (χ2v) is 5.84. The molecule has 0 aliphatic carbocycles. The average molecular weight is 277 g/mol. The lowest BCUT2D eigenvalue weighted by Crippen LogP contribution is -2.47. The van der Waals surface area contributed by atoms with Gasteiger partial charge in [-0.05, 0) is 50.2 Å². The molecule has 2 heterocycles. The third kappa shape index (κ3) is 4.27. The van der Waals surface area contributed by atoms with Crippen molar-refractivity contribution in [2.45, 2.75) is 26.3 Å². The van der Waals surface area contributed by atoms with Crippen molar-refractivity contribution in [3.05, 3.63) is 30.1 Å². The number of pyridine rings is 1. The largest absolute Gasteiger partial charge is 0.384 e. The van der Waals surface area contributed by atoms with E-state index in [1.807, 2.05) is 19.5 Å². The highest BCUT2D eigenvalue weighted by atomic mass is 16.5. The zero-order valence-corrected chi connectivity index (χ0v) is 12.8. The summed E-state index contributed by atoms with van der Waals surface area (Å²) in [4.78, 5) is 6.62. The monoisotopic (exact) mass is 277 g/mol. The molecule has 1 aromatic rings. The molecule has 0 radical (unpaired) electrons. The highest BCUT2D eigenvalue weighted by Gasteiger charge is 2.33. The summed E-state index contributed by atoms with van der Waals surface area (Å²) in [5.41, 5.74) is 1.65. The van der Waals surface area contributed by atoms with Crippen LogP contribution >= 0.6 is 0 Å². The van der Waals surface area contributed by atoms with Crippen LogP contribution in [0.1, 0.15) is 25.3 Å². The first-order valence-electron chi connectivity index (χ1n) is 7.59. The molecule has 4 nitrogen and oxygen atoms in total. The summed E-state index contributed by atoms with van der Waals surface area (Å²) < 4.78 is 5.52. The van der Waals surface area contributed by atoms with Crippen molar-refractivity contribution < 1.29 is 4.74 Å². The van der Waals surface area contributed by atoms with E-state index in [4.69, 9.17) is 4.74 Å². The third-order valence-corrected chi connectivity index (χ3v) is 4.28. The number of ether oxygens (including phenoxy) is 1. The molecule has 0 amide bonds. The van der Waals surface area contributed by atoms with E-state index in [9.17, 15) is 0 Å². The van der Waals surface area contributed by atoms with E-state index in [2.05, 4.69) is 34.3 Å². The number of methoxy groups -OCH3 is 1. The number of rotatable bonds is 7. The van der Waals surface area contributed by atoms with Crippen molar-refractivity contribution in [3.63, 3.8) is 0 Å². The van der Waals surface area contributed by atoms with Crippen LogP contribution in [0.25, 0.3) is 0 Å². The van der Waals surface area contributed by atoms with E-state index in [0.29, 0.717) is 5.41 Å². The summed E-state index contributed by atoms with van der Waals surface area (Å²) >= 11 is 0. The highest BCUT2D eigenvalue weighted by Crippen LogP contribution is 2.30. The van der Waals surface area contributed by atoms with Gasteiger partial charge in [-0.1, -0.05) is 6.92 Å². The maximum absolute atomic E-state index is 5.52. The quantitative estimate of drug-likeness (QED) is 0.826. The Morgan fingerprint density at radius 2 is 2.00 bits per heavy atom. The Kier molecular flexibility index (Phi) is 5.95. The van der Waals surface area contributed by atoms with Gasteiger partial charge in [0, 0.05) is 38.0 Å². The minimum atomic E-state index is 0.309. The molecule has 0 spiro atoms. The van der Waals surface area contributed by atoms with Crippen LogP contribution in [0.4, 0.5) is 0 Å². The molecule has 0 atom stereocenters. The molecule has 1 saturated heterocycles. The van der Waals surface area contributed by atoms with Crippen LogP contribution in [0, 0.1) is 5.41 Å². The summed E-state index contributed by atoms with van der Waals surface area (Å²) in [7, 11) is 1.82. The van der Waals surface area contributed by atoms with Crippen molar-refractivity contribution >= 4 is 0 Å². The zero-order chi connectivity index (χ0) is 14.3. The van der Waals surface area contributed by atoms with Crippen LogP contribution in [0.2, 0.25) is 0 Å². The lowest BCUT2D eigenvalue weighted by Gasteiger charge is -2.40. The number of nitrogens with zero attached hydrogens (tertiary/aromatic N) is 2. The van der Waals surface area contributed by atoms with Crippen molar-refractivity contribution in [2.75, 3.05) is 39.9 Å². The van der Waals surface area contributed by atoms with Gasteiger partial charge in [0.25, 0.3) is 0 Å². The predicted molar refractivity (Wildman–Crippen MR) is 81.6 cm³/mol. The van der Waals surface area contributed by atoms with E-state index in [0.717, 1.165) is 39.3 Å². The van der Waals surface area contributed by atoms with Crippen molar-refractivity contribution in [3.8, 4) is 0 Å². The molecule has 2 rings (SSSR count). The normalized spacial score (nSPS) is 18.4. The van der Waals surface area contributed by atoms with Crippen molar-refractivity contribution in [2.24, 2.45) is 5.41 Å². The second-order valence-electron chi connectivity index (χ2n) is 5.84. The molecule has 1 aromatic heterocycles. The smallest absolute Gasteiger partial charge is 0.0531 e. The minimum absolute atomic E-state index is 0.309. The fourth-order valence-electron chi connectivity index (χ4n) is 3.11. The molecule has 4 heteroatoms. The van der Waals surface area contributed by atoms with Crippen molar-refractivity contribution in [1.82, 2.24) is 15.2 Å². The minimum Gasteiger partial charge on any atom is -0.384 e. The van der Waals surface area contributed by atoms with Gasteiger partial charge in [-0.15, -0.1) is 0 Å². The van der Waals surface area contributed by atoms with Gasteiger partial charge in [0.15, 0.2) is 0 Å². The van der Waals surface area contributed by atoms with Crippen LogP contribution < -0.4 is 5.32 Å². The number of hydrogen-bond acceptors (Lipinski definition) is 4. The van der Waals surface area contributed by atoms with E-state index < -0.39 is 0 Å². The Hall–Kier alpha value is -0.970. The Morgan fingerprint density at radius 1 is 1.30 bits per heavy atom. The van der Waals surface area contributed by atoms with Gasteiger partial charge in [0.05, 0.1) is 6.61 Å². The number of piperidine rings is 1. The Balaban J connectivity index is 1.99. The first-order chi connectivity index (χ1) is 9.78. The maximum Gasteiger partial charge on any atom is 0.0531 e. The number of hydrogen-bond donors (Lipinski definition) is 1. The molecule has 1 aliphatic rings. The molecule has 0 saturated carbocycles. The van der Waals surface area contributed by atoms with E-state index >= 15 is 0 Å². The Morgan fingerprint density at radius 3 is 2.60 bits per heavy atom. The molecule has 1 aliphatic heterocycles. The number of aromatic nitrogens is 1. The molecule has 1 fully saturated rings. The summed E-state index contributed by atoms with van der Waals surface area (Å²) in [6, 6.07) is 4.21. The van der Waals surface area contributed by atoms with Gasteiger partial charge in [-0.25, -0.2) is 0 Å². The van der Waals surface area contributed by atoms with Gasteiger partial charge in [-0.3, -0.25) is 9.88 Å². The van der Waals surface area contributed by atoms with Gasteiger partial charge >= 0.3 is 0 Å². The van der Waals surface area contributed by atoms with Crippen LogP contribution in [0.3, 0.4) is 0 Å². The fourth-order valence-corrected chi connectivity index (χ4v) is 3.11. The summed E-state index contributed by atoms with van der Waals surface area (Å²) in [6.45, 7) is 8.50. The van der Waals surface area contributed by atoms with E-state index in [1.165, 1.54) is 18.4 Å². The second kappa shape index (κ2) is 7.72. The Labute approximate surface area is 122 Å². The highest BCUT2D eigenvalue weighted by molar-refractivity contribution is 5.09.